The van der Waals surface area contributed by atoms with Crippen LogP contribution in [0.15, 0.2) is 52.5 Å². The van der Waals surface area contributed by atoms with Gasteiger partial charge in [-0.25, -0.2) is 13.4 Å². The van der Waals surface area contributed by atoms with Gasteiger partial charge in [0.25, 0.3) is 0 Å². The summed E-state index contributed by atoms with van der Waals surface area (Å²) in [7, 11) is -1.92. The van der Waals surface area contributed by atoms with Crippen molar-refractivity contribution in [1.82, 2.24) is 14.6 Å². The highest BCUT2D eigenvalue weighted by Crippen LogP contribution is 2.28. The van der Waals surface area contributed by atoms with Gasteiger partial charge in [-0.05, 0) is 43.5 Å². The van der Waals surface area contributed by atoms with E-state index in [2.05, 4.69) is 10.3 Å². The largest absolute Gasteiger partial charge is 0.351 e. The predicted octanol–water partition coefficient (Wildman–Crippen LogP) is 4.49. The van der Waals surface area contributed by atoms with Crippen molar-refractivity contribution >= 4 is 39.3 Å². The number of carbonyl (C=O) groups is 1. The third kappa shape index (κ3) is 6.22. The number of aromatic nitrogens is 1. The Balaban J connectivity index is 1.58. The topological polar surface area (TPSA) is 79.4 Å². The first kappa shape index (κ1) is 24.0. The fourth-order valence-corrected chi connectivity index (χ4v) is 5.98. The molecule has 1 fully saturated rings. The van der Waals surface area contributed by atoms with E-state index in [4.69, 9.17) is 11.6 Å². The Labute approximate surface area is 193 Å². The molecule has 2 aromatic rings. The van der Waals surface area contributed by atoms with Crippen LogP contribution in [0.2, 0.25) is 5.02 Å². The zero-order chi connectivity index (χ0) is 22.4. The maximum Gasteiger partial charge on any atom is 0.244 e. The molecule has 9 heteroatoms. The summed E-state index contributed by atoms with van der Waals surface area (Å²) in [6.07, 6.45) is 6.48. The van der Waals surface area contributed by atoms with Gasteiger partial charge in [0.1, 0.15) is 4.90 Å². The Bertz CT molecular complexity index is 993. The molecule has 1 heterocycles. The second kappa shape index (κ2) is 10.8. The van der Waals surface area contributed by atoms with Crippen LogP contribution in [-0.4, -0.2) is 42.0 Å². The number of hydrogen-bond acceptors (Lipinski definition) is 5. The van der Waals surface area contributed by atoms with Crippen LogP contribution in [0.1, 0.15) is 44.6 Å². The van der Waals surface area contributed by atoms with Crippen molar-refractivity contribution in [2.75, 3.05) is 7.05 Å². The maximum absolute atomic E-state index is 12.9. The number of sulfonamides is 1. The number of halogens is 1. The Morgan fingerprint density at radius 1 is 1.23 bits per heavy atom. The summed E-state index contributed by atoms with van der Waals surface area (Å²) in [6, 6.07) is 10.6. The minimum absolute atomic E-state index is 0.0506. The Morgan fingerprint density at radius 2 is 1.94 bits per heavy atom. The average molecular weight is 482 g/mol. The molecule has 1 aromatic carbocycles. The molecule has 1 unspecified atom stereocenters. The number of carbonyl (C=O) groups excluding carboxylic acids is 1. The number of benzene rings is 1. The summed E-state index contributed by atoms with van der Waals surface area (Å²) in [5.41, 5.74) is 0.851. The van der Waals surface area contributed by atoms with E-state index in [0.717, 1.165) is 31.2 Å². The fourth-order valence-electron chi connectivity index (χ4n) is 3.60. The highest BCUT2D eigenvalue weighted by Gasteiger charge is 2.29. The van der Waals surface area contributed by atoms with Gasteiger partial charge in [0.15, 0.2) is 0 Å². The van der Waals surface area contributed by atoms with Gasteiger partial charge in [-0.1, -0.05) is 60.8 Å². The molecule has 6 nitrogen and oxygen atoms in total. The molecule has 3 rings (SSSR count). The molecular weight excluding hydrogens is 454 g/mol. The number of amides is 1. The summed E-state index contributed by atoms with van der Waals surface area (Å²) in [4.78, 5) is 16.9. The van der Waals surface area contributed by atoms with Crippen LogP contribution >= 0.6 is 23.4 Å². The standard InChI is InChI=1S/C22H28ClN3O3S2/c1-16(22(27)25-14-17-8-6-7-11-20(17)23)30-21-13-12-19(15-24-21)31(28,29)26(2)18-9-4-3-5-10-18/h6-8,11-13,15-16,18H,3-5,9-10,14H2,1-2H3,(H,25,27). The van der Waals surface area contributed by atoms with Crippen molar-refractivity contribution in [3.63, 3.8) is 0 Å². The van der Waals surface area contributed by atoms with Crippen LogP contribution in [0.5, 0.6) is 0 Å². The molecule has 1 aromatic heterocycles. The Kier molecular flexibility index (Phi) is 8.38. The fraction of sp³-hybridized carbons (Fsp3) is 0.455. The quantitative estimate of drug-likeness (QED) is 0.562. The zero-order valence-electron chi connectivity index (χ0n) is 17.8. The molecule has 1 atom stereocenters. The van der Waals surface area contributed by atoms with E-state index < -0.39 is 10.0 Å². The zero-order valence-corrected chi connectivity index (χ0v) is 20.1. The molecule has 31 heavy (non-hydrogen) atoms. The first-order valence-corrected chi connectivity index (χ1v) is 13.1. The van der Waals surface area contributed by atoms with E-state index in [1.54, 1.807) is 32.2 Å². The predicted molar refractivity (Wildman–Crippen MR) is 125 cm³/mol. The van der Waals surface area contributed by atoms with Crippen LogP contribution < -0.4 is 5.32 Å². The number of pyridine rings is 1. The molecule has 0 aliphatic heterocycles. The van der Waals surface area contributed by atoms with Gasteiger partial charge < -0.3 is 5.32 Å². The molecule has 168 valence electrons. The van der Waals surface area contributed by atoms with Gasteiger partial charge in [0, 0.05) is 30.9 Å². The molecule has 1 saturated carbocycles. The van der Waals surface area contributed by atoms with Crippen molar-refractivity contribution in [2.45, 2.75) is 66.8 Å². The average Bonchev–Trinajstić information content (AvgIpc) is 2.78. The van der Waals surface area contributed by atoms with Crippen molar-refractivity contribution in [3.8, 4) is 0 Å². The van der Waals surface area contributed by atoms with E-state index in [1.165, 1.54) is 28.7 Å². The Hall–Kier alpha value is -1.61. The van der Waals surface area contributed by atoms with Crippen LogP contribution in [-0.2, 0) is 21.4 Å². The van der Waals surface area contributed by atoms with E-state index in [9.17, 15) is 13.2 Å². The number of hydrogen-bond donors (Lipinski definition) is 1. The van der Waals surface area contributed by atoms with Crippen LogP contribution in [0.25, 0.3) is 0 Å². The van der Waals surface area contributed by atoms with Crippen LogP contribution in [0.4, 0.5) is 0 Å². The lowest BCUT2D eigenvalue weighted by atomic mass is 9.96. The number of thioether (sulfide) groups is 1. The van der Waals surface area contributed by atoms with Gasteiger partial charge in [0.05, 0.1) is 10.3 Å². The smallest absolute Gasteiger partial charge is 0.244 e. The highest BCUT2D eigenvalue weighted by atomic mass is 35.5. The lowest BCUT2D eigenvalue weighted by Crippen LogP contribution is -2.38. The summed E-state index contributed by atoms with van der Waals surface area (Å²) in [5, 5.41) is 3.69. The molecule has 0 spiro atoms. The molecule has 0 radical (unpaired) electrons. The van der Waals surface area contributed by atoms with Gasteiger partial charge in [0.2, 0.25) is 15.9 Å². The van der Waals surface area contributed by atoms with Gasteiger partial charge in [-0.2, -0.15) is 4.31 Å². The Morgan fingerprint density at radius 3 is 2.58 bits per heavy atom. The van der Waals surface area contributed by atoms with Crippen molar-refractivity contribution < 1.29 is 13.2 Å². The summed E-state index contributed by atoms with van der Waals surface area (Å²) in [6.45, 7) is 2.14. The SMILES string of the molecule is CC(Sc1ccc(S(=O)(=O)N(C)C2CCCCC2)cn1)C(=O)NCc1ccccc1Cl. The van der Waals surface area contributed by atoms with E-state index in [1.807, 2.05) is 18.2 Å². The van der Waals surface area contributed by atoms with E-state index in [-0.39, 0.29) is 22.1 Å². The number of nitrogens with zero attached hydrogens (tertiary/aromatic N) is 2. The second-order valence-electron chi connectivity index (χ2n) is 7.71. The lowest BCUT2D eigenvalue weighted by Gasteiger charge is -2.30. The second-order valence-corrected chi connectivity index (χ2v) is 11.5. The molecule has 1 aliphatic rings. The van der Waals surface area contributed by atoms with E-state index >= 15 is 0 Å². The minimum atomic E-state index is -3.57. The first-order chi connectivity index (χ1) is 14.8. The molecule has 1 aliphatic carbocycles. The maximum atomic E-state index is 12.9. The monoisotopic (exact) mass is 481 g/mol. The van der Waals surface area contributed by atoms with Crippen molar-refractivity contribution in [2.24, 2.45) is 0 Å². The van der Waals surface area contributed by atoms with Gasteiger partial charge >= 0.3 is 0 Å². The molecular formula is C22H28ClN3O3S2. The minimum Gasteiger partial charge on any atom is -0.351 e. The summed E-state index contributed by atoms with van der Waals surface area (Å²) < 4.78 is 27.3. The summed E-state index contributed by atoms with van der Waals surface area (Å²) >= 11 is 7.40. The molecule has 1 amide bonds. The summed E-state index contributed by atoms with van der Waals surface area (Å²) in [5.74, 6) is -0.138. The van der Waals surface area contributed by atoms with Crippen LogP contribution in [0.3, 0.4) is 0 Å². The molecule has 1 N–H and O–H groups in total. The number of nitrogens with one attached hydrogen (secondary N) is 1. The van der Waals surface area contributed by atoms with Crippen LogP contribution in [0, 0.1) is 0 Å². The number of rotatable bonds is 8. The third-order valence-corrected chi connectivity index (χ3v) is 8.87. The highest BCUT2D eigenvalue weighted by molar-refractivity contribution is 8.00. The molecule has 0 bridgehead atoms. The van der Waals surface area contributed by atoms with Crippen molar-refractivity contribution in [1.29, 1.82) is 0 Å². The van der Waals surface area contributed by atoms with Gasteiger partial charge in [-0.3, -0.25) is 4.79 Å². The van der Waals surface area contributed by atoms with E-state index in [0.29, 0.717) is 16.6 Å². The normalized spacial score (nSPS) is 16.3. The first-order valence-electron chi connectivity index (χ1n) is 10.4. The van der Waals surface area contributed by atoms with Gasteiger partial charge in [-0.15, -0.1) is 0 Å². The molecule has 0 saturated heterocycles. The van der Waals surface area contributed by atoms with Crippen molar-refractivity contribution in [3.05, 3.63) is 53.2 Å². The third-order valence-electron chi connectivity index (χ3n) is 5.55. The lowest BCUT2D eigenvalue weighted by molar-refractivity contribution is -0.120.